The Morgan fingerprint density at radius 2 is 2.15 bits per heavy atom. The Morgan fingerprint density at radius 3 is 2.85 bits per heavy atom. The molecule has 0 aliphatic carbocycles. The van der Waals surface area contributed by atoms with Crippen LogP contribution in [0, 0.1) is 5.92 Å². The monoisotopic (exact) mass is 408 g/mol. The molecule has 138 valence electrons. The van der Waals surface area contributed by atoms with Gasteiger partial charge >= 0.3 is 0 Å². The van der Waals surface area contributed by atoms with Gasteiger partial charge in [-0.2, -0.15) is 0 Å². The molecule has 1 amide bonds. The standard InChI is InChI=1S/C16H20N6OS3/c1-4-22-14(11-6-5-7-24-11)19-21-16(22)25-9-12(23)17-15-20-18-13(26-15)8-10(2)3/h5-7,10H,4,8-9H2,1-3H3,(H,17,20,23). The highest BCUT2D eigenvalue weighted by Gasteiger charge is 2.16. The van der Waals surface area contributed by atoms with Gasteiger partial charge in [0.1, 0.15) is 5.01 Å². The predicted octanol–water partition coefficient (Wildman–Crippen LogP) is 3.81. The van der Waals surface area contributed by atoms with Crippen LogP contribution >= 0.6 is 34.4 Å². The second-order valence-corrected chi connectivity index (χ2v) is 8.92. The van der Waals surface area contributed by atoms with Crippen LogP contribution in [0.25, 0.3) is 10.7 Å². The fourth-order valence-electron chi connectivity index (χ4n) is 2.29. The van der Waals surface area contributed by atoms with Gasteiger partial charge in [-0.25, -0.2) is 0 Å². The Hall–Kier alpha value is -1.78. The van der Waals surface area contributed by atoms with Gasteiger partial charge in [0.25, 0.3) is 0 Å². The summed E-state index contributed by atoms with van der Waals surface area (Å²) in [5, 5.41) is 23.7. The van der Waals surface area contributed by atoms with E-state index in [1.165, 1.54) is 23.1 Å². The van der Waals surface area contributed by atoms with Crippen molar-refractivity contribution in [2.75, 3.05) is 11.1 Å². The molecule has 0 bridgehead atoms. The molecule has 0 spiro atoms. The zero-order chi connectivity index (χ0) is 18.5. The zero-order valence-corrected chi connectivity index (χ0v) is 17.2. The van der Waals surface area contributed by atoms with Crippen molar-refractivity contribution in [2.24, 2.45) is 5.92 Å². The van der Waals surface area contributed by atoms with Gasteiger partial charge in [0.2, 0.25) is 11.0 Å². The van der Waals surface area contributed by atoms with Gasteiger partial charge in [0.05, 0.1) is 10.6 Å². The Balaban J connectivity index is 1.59. The zero-order valence-electron chi connectivity index (χ0n) is 14.8. The van der Waals surface area contributed by atoms with Crippen LogP contribution in [0.15, 0.2) is 22.7 Å². The molecule has 0 fully saturated rings. The maximum atomic E-state index is 12.2. The molecule has 1 N–H and O–H groups in total. The molecule has 0 radical (unpaired) electrons. The second kappa shape index (κ2) is 8.74. The molecular weight excluding hydrogens is 388 g/mol. The third kappa shape index (κ3) is 4.68. The molecule has 26 heavy (non-hydrogen) atoms. The maximum Gasteiger partial charge on any atom is 0.236 e. The number of hydrogen-bond acceptors (Lipinski definition) is 8. The summed E-state index contributed by atoms with van der Waals surface area (Å²) in [4.78, 5) is 13.3. The topological polar surface area (TPSA) is 85.6 Å². The van der Waals surface area contributed by atoms with Gasteiger partial charge in [0, 0.05) is 13.0 Å². The van der Waals surface area contributed by atoms with Crippen molar-refractivity contribution in [3.05, 3.63) is 22.5 Å². The minimum absolute atomic E-state index is 0.120. The van der Waals surface area contributed by atoms with Gasteiger partial charge in [-0.1, -0.05) is 43.0 Å². The number of aromatic nitrogens is 5. The number of rotatable bonds is 8. The summed E-state index contributed by atoms with van der Waals surface area (Å²) in [6.07, 6.45) is 0.868. The molecule has 10 heteroatoms. The fourth-order valence-corrected chi connectivity index (χ4v) is 4.78. The normalized spacial score (nSPS) is 11.2. The molecule has 0 aromatic carbocycles. The first-order chi connectivity index (χ1) is 12.6. The number of nitrogens with one attached hydrogen (secondary N) is 1. The van der Waals surface area contributed by atoms with Gasteiger partial charge in [-0.05, 0) is 24.3 Å². The molecule has 3 rings (SSSR count). The number of thiophene rings is 1. The molecule has 0 saturated heterocycles. The lowest BCUT2D eigenvalue weighted by atomic mass is 10.1. The number of amides is 1. The van der Waals surface area contributed by atoms with E-state index in [2.05, 4.69) is 39.6 Å². The molecule has 0 saturated carbocycles. The number of carbonyl (C=O) groups excluding carboxylic acids is 1. The van der Waals surface area contributed by atoms with Crippen molar-refractivity contribution in [3.8, 4) is 10.7 Å². The molecule has 0 unspecified atom stereocenters. The highest BCUT2D eigenvalue weighted by Crippen LogP contribution is 2.27. The SMILES string of the molecule is CCn1c(SCC(=O)Nc2nnc(CC(C)C)s2)nnc1-c1cccs1. The van der Waals surface area contributed by atoms with Gasteiger partial charge in [0.15, 0.2) is 11.0 Å². The first-order valence-corrected chi connectivity index (χ1v) is 11.0. The first-order valence-electron chi connectivity index (χ1n) is 8.29. The Kier molecular flexibility index (Phi) is 6.38. The molecule has 3 aromatic heterocycles. The van der Waals surface area contributed by atoms with Crippen molar-refractivity contribution in [1.82, 2.24) is 25.0 Å². The number of nitrogens with zero attached hydrogens (tertiary/aromatic N) is 5. The van der Waals surface area contributed by atoms with Crippen LogP contribution in [-0.2, 0) is 17.8 Å². The summed E-state index contributed by atoms with van der Waals surface area (Å²) in [6.45, 7) is 7.05. The van der Waals surface area contributed by atoms with E-state index in [4.69, 9.17) is 0 Å². The lowest BCUT2D eigenvalue weighted by molar-refractivity contribution is -0.113. The number of hydrogen-bond donors (Lipinski definition) is 1. The quantitative estimate of drug-likeness (QED) is 0.571. The minimum Gasteiger partial charge on any atom is -0.302 e. The van der Waals surface area contributed by atoms with Crippen molar-refractivity contribution in [3.63, 3.8) is 0 Å². The van der Waals surface area contributed by atoms with Crippen LogP contribution in [0.1, 0.15) is 25.8 Å². The van der Waals surface area contributed by atoms with Crippen LogP contribution < -0.4 is 5.32 Å². The summed E-state index contributed by atoms with van der Waals surface area (Å²) in [7, 11) is 0. The highest BCUT2D eigenvalue weighted by atomic mass is 32.2. The summed E-state index contributed by atoms with van der Waals surface area (Å²) in [5.74, 6) is 1.49. The Morgan fingerprint density at radius 1 is 1.31 bits per heavy atom. The fraction of sp³-hybridized carbons (Fsp3) is 0.438. The minimum atomic E-state index is -0.120. The molecule has 3 heterocycles. The van der Waals surface area contributed by atoms with Crippen LogP contribution in [0.3, 0.4) is 0 Å². The molecular formula is C16H20N6OS3. The number of carbonyl (C=O) groups is 1. The highest BCUT2D eigenvalue weighted by molar-refractivity contribution is 7.99. The lowest BCUT2D eigenvalue weighted by Gasteiger charge is -2.05. The van der Waals surface area contributed by atoms with Crippen molar-refractivity contribution < 1.29 is 4.79 Å². The van der Waals surface area contributed by atoms with E-state index in [0.717, 1.165) is 33.8 Å². The van der Waals surface area contributed by atoms with E-state index in [0.29, 0.717) is 11.0 Å². The Bertz CT molecular complexity index is 855. The van der Waals surface area contributed by atoms with Crippen LogP contribution in [-0.4, -0.2) is 36.6 Å². The van der Waals surface area contributed by atoms with Gasteiger partial charge in [-0.15, -0.1) is 31.7 Å². The molecule has 0 atom stereocenters. The van der Waals surface area contributed by atoms with Crippen LogP contribution in [0.2, 0.25) is 0 Å². The van der Waals surface area contributed by atoms with Crippen molar-refractivity contribution in [2.45, 2.75) is 38.9 Å². The first kappa shape index (κ1) is 19.0. The maximum absolute atomic E-state index is 12.2. The lowest BCUT2D eigenvalue weighted by Crippen LogP contribution is -2.14. The van der Waals surface area contributed by atoms with E-state index < -0.39 is 0 Å². The number of thioether (sulfide) groups is 1. The van der Waals surface area contributed by atoms with Gasteiger partial charge in [-0.3, -0.25) is 10.1 Å². The Labute approximate surface area is 164 Å². The molecule has 0 aliphatic rings. The van der Waals surface area contributed by atoms with Crippen LogP contribution in [0.4, 0.5) is 5.13 Å². The van der Waals surface area contributed by atoms with Crippen molar-refractivity contribution in [1.29, 1.82) is 0 Å². The van der Waals surface area contributed by atoms with E-state index in [-0.39, 0.29) is 11.7 Å². The summed E-state index contributed by atoms with van der Waals surface area (Å²) in [6, 6.07) is 4.01. The van der Waals surface area contributed by atoms with E-state index in [1.807, 2.05) is 29.0 Å². The smallest absolute Gasteiger partial charge is 0.236 e. The van der Waals surface area contributed by atoms with E-state index in [9.17, 15) is 4.79 Å². The van der Waals surface area contributed by atoms with Gasteiger partial charge < -0.3 is 4.57 Å². The second-order valence-electron chi connectivity index (χ2n) is 5.96. The van der Waals surface area contributed by atoms with Crippen molar-refractivity contribution >= 4 is 45.5 Å². The molecule has 3 aromatic rings. The third-order valence-corrected chi connectivity index (χ3v) is 6.10. The summed E-state index contributed by atoms with van der Waals surface area (Å²) < 4.78 is 2.02. The van der Waals surface area contributed by atoms with E-state index in [1.54, 1.807) is 11.3 Å². The average Bonchev–Trinajstić information content (AvgIpc) is 3.32. The molecule has 0 aliphatic heterocycles. The average molecular weight is 409 g/mol. The van der Waals surface area contributed by atoms with E-state index >= 15 is 0 Å². The summed E-state index contributed by atoms with van der Waals surface area (Å²) in [5.41, 5.74) is 0. The molecule has 7 nitrogen and oxygen atoms in total. The summed E-state index contributed by atoms with van der Waals surface area (Å²) >= 11 is 4.42. The number of anilines is 1. The van der Waals surface area contributed by atoms with Crippen LogP contribution in [0.5, 0.6) is 0 Å². The predicted molar refractivity (Wildman–Crippen MR) is 107 cm³/mol. The largest absolute Gasteiger partial charge is 0.302 e. The third-order valence-electron chi connectivity index (χ3n) is 3.40.